The van der Waals surface area contributed by atoms with Crippen LogP contribution >= 0.6 is 11.3 Å². The van der Waals surface area contributed by atoms with Crippen LogP contribution in [0, 0.1) is 0 Å². The van der Waals surface area contributed by atoms with Crippen LogP contribution in [0.25, 0.3) is 11.3 Å². The van der Waals surface area contributed by atoms with E-state index in [9.17, 15) is 4.79 Å². The molecule has 7 nitrogen and oxygen atoms in total. The quantitative estimate of drug-likeness (QED) is 0.703. The summed E-state index contributed by atoms with van der Waals surface area (Å²) in [6.45, 7) is 1.08. The van der Waals surface area contributed by atoms with Gasteiger partial charge in [-0.3, -0.25) is 10.1 Å². The van der Waals surface area contributed by atoms with Crippen molar-refractivity contribution in [2.75, 3.05) is 32.8 Å². The molecule has 0 spiro atoms. The van der Waals surface area contributed by atoms with E-state index in [2.05, 4.69) is 10.3 Å². The maximum Gasteiger partial charge on any atom is 0.257 e. The Kier molecular flexibility index (Phi) is 5.03. The van der Waals surface area contributed by atoms with Crippen molar-refractivity contribution in [1.82, 2.24) is 4.98 Å². The Morgan fingerprint density at radius 2 is 1.75 bits per heavy atom. The van der Waals surface area contributed by atoms with Gasteiger partial charge in [-0.05, 0) is 30.3 Å². The molecular formula is C20H18N2O5S. The molecular weight excluding hydrogens is 380 g/mol. The topological polar surface area (TPSA) is 78.9 Å². The van der Waals surface area contributed by atoms with E-state index in [1.165, 1.54) is 25.6 Å². The minimum Gasteiger partial charge on any atom is -0.497 e. The number of amides is 1. The van der Waals surface area contributed by atoms with Crippen LogP contribution in [0.2, 0.25) is 0 Å². The van der Waals surface area contributed by atoms with Crippen molar-refractivity contribution in [1.29, 1.82) is 0 Å². The lowest BCUT2D eigenvalue weighted by molar-refractivity contribution is 0.102. The molecule has 1 aliphatic rings. The minimum atomic E-state index is -0.291. The summed E-state index contributed by atoms with van der Waals surface area (Å²) in [5.74, 6) is 2.22. The lowest BCUT2D eigenvalue weighted by Crippen LogP contribution is -2.15. The van der Waals surface area contributed by atoms with Gasteiger partial charge in [0.1, 0.15) is 24.7 Å². The van der Waals surface area contributed by atoms with Crippen molar-refractivity contribution < 1.29 is 23.7 Å². The standard InChI is InChI=1S/C20H18N2O5S/c1-24-14-7-13(8-15(10-14)25-2)19(23)22-20-21-16(11-28-20)12-3-4-17-18(9-12)27-6-5-26-17/h3-4,7-11H,5-6H2,1-2H3,(H,21,22,23). The van der Waals surface area contributed by atoms with Crippen molar-refractivity contribution in [2.24, 2.45) is 0 Å². The molecule has 144 valence electrons. The predicted octanol–water partition coefficient (Wildman–Crippen LogP) is 3.85. The second kappa shape index (κ2) is 7.77. The van der Waals surface area contributed by atoms with E-state index in [4.69, 9.17) is 18.9 Å². The molecule has 8 heteroatoms. The summed E-state index contributed by atoms with van der Waals surface area (Å²) in [6.07, 6.45) is 0. The van der Waals surface area contributed by atoms with Gasteiger partial charge < -0.3 is 18.9 Å². The summed E-state index contributed by atoms with van der Waals surface area (Å²) < 4.78 is 21.6. The highest BCUT2D eigenvalue weighted by molar-refractivity contribution is 7.14. The van der Waals surface area contributed by atoms with Gasteiger partial charge in [0.15, 0.2) is 16.6 Å². The Morgan fingerprint density at radius 3 is 2.46 bits per heavy atom. The Morgan fingerprint density at radius 1 is 1.04 bits per heavy atom. The number of rotatable bonds is 5. The van der Waals surface area contributed by atoms with Crippen LogP contribution in [-0.2, 0) is 0 Å². The van der Waals surface area contributed by atoms with Crippen molar-refractivity contribution in [3.63, 3.8) is 0 Å². The Labute approximate surface area is 165 Å². The van der Waals surface area contributed by atoms with Crippen LogP contribution in [0.1, 0.15) is 10.4 Å². The number of carbonyl (C=O) groups excluding carboxylic acids is 1. The smallest absolute Gasteiger partial charge is 0.257 e. The summed E-state index contributed by atoms with van der Waals surface area (Å²) in [7, 11) is 3.08. The summed E-state index contributed by atoms with van der Waals surface area (Å²) in [5, 5.41) is 5.19. The molecule has 4 rings (SSSR count). The summed E-state index contributed by atoms with van der Waals surface area (Å²) in [6, 6.07) is 10.7. The number of anilines is 1. The van der Waals surface area contributed by atoms with Gasteiger partial charge in [0.2, 0.25) is 0 Å². The Bertz CT molecular complexity index is 995. The largest absolute Gasteiger partial charge is 0.497 e. The third kappa shape index (κ3) is 3.72. The van der Waals surface area contributed by atoms with Gasteiger partial charge in [-0.2, -0.15) is 0 Å². The fourth-order valence-corrected chi connectivity index (χ4v) is 3.49. The van der Waals surface area contributed by atoms with E-state index in [0.29, 0.717) is 41.2 Å². The zero-order chi connectivity index (χ0) is 19.5. The van der Waals surface area contributed by atoms with Crippen LogP contribution in [0.15, 0.2) is 41.8 Å². The minimum absolute atomic E-state index is 0.291. The zero-order valence-electron chi connectivity index (χ0n) is 15.4. The SMILES string of the molecule is COc1cc(OC)cc(C(=O)Nc2nc(-c3ccc4c(c3)OCCO4)cs2)c1. The lowest BCUT2D eigenvalue weighted by Gasteiger charge is -2.18. The number of fused-ring (bicyclic) bond motifs is 1. The number of hydrogen-bond donors (Lipinski definition) is 1. The third-order valence-corrected chi connectivity index (χ3v) is 4.93. The fraction of sp³-hybridized carbons (Fsp3) is 0.200. The molecule has 2 aromatic carbocycles. The Hall–Kier alpha value is -3.26. The maximum absolute atomic E-state index is 12.6. The van der Waals surface area contributed by atoms with E-state index < -0.39 is 0 Å². The van der Waals surface area contributed by atoms with E-state index in [1.54, 1.807) is 18.2 Å². The molecule has 0 fully saturated rings. The van der Waals surface area contributed by atoms with E-state index >= 15 is 0 Å². The molecule has 2 heterocycles. The molecule has 0 bridgehead atoms. The van der Waals surface area contributed by atoms with Crippen LogP contribution < -0.4 is 24.3 Å². The second-order valence-electron chi connectivity index (χ2n) is 5.95. The molecule has 1 aliphatic heterocycles. The highest BCUT2D eigenvalue weighted by Crippen LogP contribution is 2.35. The normalized spacial score (nSPS) is 12.4. The highest BCUT2D eigenvalue weighted by atomic mass is 32.1. The molecule has 3 aromatic rings. The third-order valence-electron chi connectivity index (χ3n) is 4.18. The number of aromatic nitrogens is 1. The van der Waals surface area contributed by atoms with Crippen molar-refractivity contribution in [3.8, 4) is 34.3 Å². The number of carbonyl (C=O) groups is 1. The van der Waals surface area contributed by atoms with Crippen LogP contribution in [0.4, 0.5) is 5.13 Å². The summed E-state index contributed by atoms with van der Waals surface area (Å²) in [4.78, 5) is 17.1. The molecule has 0 saturated heterocycles. The number of hydrogen-bond acceptors (Lipinski definition) is 7. The monoisotopic (exact) mass is 398 g/mol. The van der Waals surface area contributed by atoms with Crippen molar-refractivity contribution in [2.45, 2.75) is 0 Å². The second-order valence-corrected chi connectivity index (χ2v) is 6.81. The Balaban J connectivity index is 1.53. The van der Waals surface area contributed by atoms with E-state index in [0.717, 1.165) is 17.0 Å². The lowest BCUT2D eigenvalue weighted by atomic mass is 10.1. The number of nitrogens with one attached hydrogen (secondary N) is 1. The van der Waals surface area contributed by atoms with Crippen molar-refractivity contribution in [3.05, 3.63) is 47.3 Å². The number of thiazole rings is 1. The molecule has 28 heavy (non-hydrogen) atoms. The number of ether oxygens (including phenoxy) is 4. The van der Waals surface area contributed by atoms with Crippen molar-refractivity contribution >= 4 is 22.4 Å². The molecule has 1 N–H and O–H groups in total. The first kappa shape index (κ1) is 18.1. The predicted molar refractivity (Wildman–Crippen MR) is 106 cm³/mol. The molecule has 1 amide bonds. The number of nitrogens with zero attached hydrogens (tertiary/aromatic N) is 1. The average molecular weight is 398 g/mol. The fourth-order valence-electron chi connectivity index (χ4n) is 2.77. The van der Waals surface area contributed by atoms with Gasteiger partial charge in [-0.1, -0.05) is 0 Å². The average Bonchev–Trinajstić information content (AvgIpc) is 3.21. The number of methoxy groups -OCH3 is 2. The van der Waals surface area contributed by atoms with Gasteiger partial charge in [-0.25, -0.2) is 4.98 Å². The summed E-state index contributed by atoms with van der Waals surface area (Å²) in [5.41, 5.74) is 2.07. The van der Waals surface area contributed by atoms with Gasteiger partial charge in [0.05, 0.1) is 19.9 Å². The first-order valence-electron chi connectivity index (χ1n) is 8.56. The highest BCUT2D eigenvalue weighted by Gasteiger charge is 2.15. The van der Waals surface area contributed by atoms with Crippen LogP contribution in [-0.4, -0.2) is 38.3 Å². The molecule has 0 saturated carbocycles. The zero-order valence-corrected chi connectivity index (χ0v) is 16.2. The maximum atomic E-state index is 12.6. The van der Waals surface area contributed by atoms with Crippen LogP contribution in [0.5, 0.6) is 23.0 Å². The molecule has 0 aliphatic carbocycles. The first-order chi connectivity index (χ1) is 13.7. The van der Waals surface area contributed by atoms with Gasteiger partial charge in [-0.15, -0.1) is 11.3 Å². The van der Waals surface area contributed by atoms with E-state index in [1.807, 2.05) is 23.6 Å². The number of benzene rings is 2. The van der Waals surface area contributed by atoms with Gasteiger partial charge in [0.25, 0.3) is 5.91 Å². The van der Waals surface area contributed by atoms with Crippen LogP contribution in [0.3, 0.4) is 0 Å². The molecule has 1 aromatic heterocycles. The van der Waals surface area contributed by atoms with Gasteiger partial charge >= 0.3 is 0 Å². The summed E-state index contributed by atoms with van der Waals surface area (Å²) >= 11 is 1.35. The first-order valence-corrected chi connectivity index (χ1v) is 9.44. The van der Waals surface area contributed by atoms with E-state index in [-0.39, 0.29) is 5.91 Å². The molecule has 0 unspecified atom stereocenters. The molecule has 0 atom stereocenters. The van der Waals surface area contributed by atoms with Gasteiger partial charge in [0, 0.05) is 22.6 Å². The molecule has 0 radical (unpaired) electrons.